The molecule has 17 heavy (non-hydrogen) atoms. The van der Waals surface area contributed by atoms with Gasteiger partial charge in [-0.2, -0.15) is 0 Å². The zero-order valence-electron chi connectivity index (χ0n) is 10.0. The maximum atomic E-state index is 5.80. The van der Waals surface area contributed by atoms with E-state index in [9.17, 15) is 0 Å². The van der Waals surface area contributed by atoms with Gasteiger partial charge in [0.2, 0.25) is 0 Å². The predicted molar refractivity (Wildman–Crippen MR) is 69.0 cm³/mol. The van der Waals surface area contributed by atoms with Crippen molar-refractivity contribution in [1.29, 1.82) is 0 Å². The quantitative estimate of drug-likeness (QED) is 0.804. The van der Waals surface area contributed by atoms with E-state index >= 15 is 0 Å². The lowest BCUT2D eigenvalue weighted by atomic mass is 10.3. The number of aromatic nitrogens is 2. The molecule has 0 saturated carbocycles. The topological polar surface area (TPSA) is 61.0 Å². The Hall–Kier alpha value is -1.84. The first kappa shape index (κ1) is 11.6. The van der Waals surface area contributed by atoms with E-state index in [1.54, 1.807) is 0 Å². The highest BCUT2D eigenvalue weighted by Gasteiger charge is 2.06. The molecule has 4 heteroatoms. The summed E-state index contributed by atoms with van der Waals surface area (Å²) in [6.45, 7) is 2.80. The fraction of sp³-hybridized carbons (Fsp3) is 0.385. The van der Waals surface area contributed by atoms with Gasteiger partial charge in [-0.15, -0.1) is 0 Å². The number of nitrogens with two attached hydrogens (primary N) is 1. The molecule has 2 rings (SSSR count). The van der Waals surface area contributed by atoms with E-state index in [1.807, 2.05) is 24.3 Å². The molecule has 0 radical (unpaired) electrons. The van der Waals surface area contributed by atoms with Crippen molar-refractivity contribution in [2.75, 3.05) is 12.3 Å². The number of rotatable bonds is 5. The summed E-state index contributed by atoms with van der Waals surface area (Å²) in [5.74, 6) is 0.806. The number of hydrogen-bond acceptors (Lipinski definition) is 4. The molecular weight excluding hydrogens is 214 g/mol. The zero-order chi connectivity index (χ0) is 12.1. The second-order valence-electron chi connectivity index (χ2n) is 3.96. The van der Waals surface area contributed by atoms with E-state index in [4.69, 9.17) is 10.5 Å². The van der Waals surface area contributed by atoms with Gasteiger partial charge in [0, 0.05) is 0 Å². The lowest BCUT2D eigenvalue weighted by Gasteiger charge is -2.07. The molecule has 90 valence electrons. The largest absolute Gasteiger partial charge is 0.475 e. The third kappa shape index (κ3) is 2.84. The Morgan fingerprint density at radius 1 is 1.12 bits per heavy atom. The van der Waals surface area contributed by atoms with E-state index in [0.29, 0.717) is 18.3 Å². The molecule has 0 unspecified atom stereocenters. The molecule has 0 amide bonds. The lowest BCUT2D eigenvalue weighted by molar-refractivity contribution is 0.297. The van der Waals surface area contributed by atoms with Crippen LogP contribution in [0.3, 0.4) is 0 Å². The Morgan fingerprint density at radius 3 is 2.53 bits per heavy atom. The Morgan fingerprint density at radius 2 is 1.82 bits per heavy atom. The van der Waals surface area contributed by atoms with Crippen LogP contribution in [0.1, 0.15) is 26.2 Å². The molecular formula is C13H17N3O. The second-order valence-corrected chi connectivity index (χ2v) is 3.96. The van der Waals surface area contributed by atoms with Crippen molar-refractivity contribution in [3.8, 4) is 5.88 Å². The average Bonchev–Trinajstić information content (AvgIpc) is 2.35. The van der Waals surface area contributed by atoms with Crippen molar-refractivity contribution >= 4 is 16.9 Å². The van der Waals surface area contributed by atoms with Crippen LogP contribution in [0.4, 0.5) is 5.82 Å². The van der Waals surface area contributed by atoms with Gasteiger partial charge in [0.25, 0.3) is 5.88 Å². The number of fused-ring (bicyclic) bond motifs is 1. The van der Waals surface area contributed by atoms with Crippen LogP contribution in [-0.4, -0.2) is 16.6 Å². The van der Waals surface area contributed by atoms with Gasteiger partial charge in [0.05, 0.1) is 17.6 Å². The minimum Gasteiger partial charge on any atom is -0.475 e. The number of nitrogen functional groups attached to an aromatic ring is 1. The molecule has 0 saturated heterocycles. The van der Waals surface area contributed by atoms with Crippen LogP contribution in [0.2, 0.25) is 0 Å². The monoisotopic (exact) mass is 231 g/mol. The van der Waals surface area contributed by atoms with Crippen molar-refractivity contribution in [2.45, 2.75) is 26.2 Å². The Bertz CT molecular complexity index is 499. The van der Waals surface area contributed by atoms with Crippen LogP contribution in [0, 0.1) is 0 Å². The fourth-order valence-electron chi connectivity index (χ4n) is 1.62. The number of benzene rings is 1. The molecule has 1 aromatic heterocycles. The minimum absolute atomic E-state index is 0.361. The van der Waals surface area contributed by atoms with Crippen LogP contribution in [-0.2, 0) is 0 Å². The summed E-state index contributed by atoms with van der Waals surface area (Å²) in [6.07, 6.45) is 3.34. The molecule has 0 aliphatic rings. The molecule has 0 spiro atoms. The van der Waals surface area contributed by atoms with E-state index in [1.165, 1.54) is 6.42 Å². The molecule has 0 aliphatic carbocycles. The standard InChI is InChI=1S/C13H17N3O/c1-2-3-6-9-17-13-12(14)15-10-7-4-5-8-11(10)16-13/h4-5,7-8H,2-3,6,9H2,1H3,(H2,14,15). The van der Waals surface area contributed by atoms with Gasteiger partial charge in [-0.1, -0.05) is 31.9 Å². The fourth-order valence-corrected chi connectivity index (χ4v) is 1.62. The van der Waals surface area contributed by atoms with Gasteiger partial charge in [0.1, 0.15) is 0 Å². The third-order valence-corrected chi connectivity index (χ3v) is 2.55. The molecule has 2 aromatic rings. The Labute approximate surface area is 101 Å². The van der Waals surface area contributed by atoms with E-state index in [-0.39, 0.29) is 0 Å². The summed E-state index contributed by atoms with van der Waals surface area (Å²) in [4.78, 5) is 8.63. The highest BCUT2D eigenvalue weighted by Crippen LogP contribution is 2.20. The van der Waals surface area contributed by atoms with Crippen LogP contribution >= 0.6 is 0 Å². The summed E-state index contributed by atoms with van der Waals surface area (Å²) in [6, 6.07) is 7.63. The molecule has 1 aromatic carbocycles. The zero-order valence-corrected chi connectivity index (χ0v) is 10.0. The predicted octanol–water partition coefficient (Wildman–Crippen LogP) is 2.78. The van der Waals surface area contributed by atoms with Crippen molar-refractivity contribution < 1.29 is 4.74 Å². The number of unbranched alkanes of at least 4 members (excludes halogenated alkanes) is 2. The molecule has 0 aliphatic heterocycles. The molecule has 2 N–H and O–H groups in total. The molecule has 1 heterocycles. The van der Waals surface area contributed by atoms with Crippen LogP contribution < -0.4 is 10.5 Å². The highest BCUT2D eigenvalue weighted by atomic mass is 16.5. The first-order chi connectivity index (χ1) is 8.31. The summed E-state index contributed by atoms with van der Waals surface area (Å²) in [5.41, 5.74) is 7.41. The SMILES string of the molecule is CCCCCOc1nc2ccccc2nc1N. The third-order valence-electron chi connectivity index (χ3n) is 2.55. The van der Waals surface area contributed by atoms with E-state index in [0.717, 1.165) is 23.9 Å². The van der Waals surface area contributed by atoms with Gasteiger partial charge in [-0.25, -0.2) is 9.97 Å². The van der Waals surface area contributed by atoms with Crippen molar-refractivity contribution in [3.63, 3.8) is 0 Å². The summed E-state index contributed by atoms with van der Waals surface area (Å²) < 4.78 is 5.55. The van der Waals surface area contributed by atoms with Gasteiger partial charge >= 0.3 is 0 Å². The summed E-state index contributed by atoms with van der Waals surface area (Å²) >= 11 is 0. The van der Waals surface area contributed by atoms with Crippen molar-refractivity contribution in [1.82, 2.24) is 9.97 Å². The molecule has 0 fully saturated rings. The summed E-state index contributed by atoms with van der Waals surface area (Å²) in [5, 5.41) is 0. The first-order valence-electron chi connectivity index (χ1n) is 5.96. The number of ether oxygens (including phenoxy) is 1. The van der Waals surface area contributed by atoms with E-state index in [2.05, 4.69) is 16.9 Å². The highest BCUT2D eigenvalue weighted by molar-refractivity contribution is 5.76. The van der Waals surface area contributed by atoms with Gasteiger partial charge in [-0.3, -0.25) is 0 Å². The van der Waals surface area contributed by atoms with Gasteiger partial charge in [0.15, 0.2) is 5.82 Å². The Kier molecular flexibility index (Phi) is 3.75. The molecule has 0 atom stereocenters. The van der Waals surface area contributed by atoms with Gasteiger partial charge < -0.3 is 10.5 Å². The van der Waals surface area contributed by atoms with E-state index < -0.39 is 0 Å². The maximum Gasteiger partial charge on any atom is 0.257 e. The number of anilines is 1. The normalized spacial score (nSPS) is 10.6. The number of hydrogen-bond donors (Lipinski definition) is 1. The smallest absolute Gasteiger partial charge is 0.257 e. The first-order valence-corrected chi connectivity index (χ1v) is 5.96. The lowest BCUT2D eigenvalue weighted by Crippen LogP contribution is -2.04. The average molecular weight is 231 g/mol. The maximum absolute atomic E-state index is 5.80. The molecule has 4 nitrogen and oxygen atoms in total. The Balaban J connectivity index is 2.14. The minimum atomic E-state index is 0.361. The number of nitrogens with zero attached hydrogens (tertiary/aromatic N) is 2. The van der Waals surface area contributed by atoms with Crippen molar-refractivity contribution in [3.05, 3.63) is 24.3 Å². The molecule has 0 bridgehead atoms. The van der Waals surface area contributed by atoms with Crippen LogP contribution in [0.25, 0.3) is 11.0 Å². The summed E-state index contributed by atoms with van der Waals surface area (Å²) in [7, 11) is 0. The van der Waals surface area contributed by atoms with Crippen LogP contribution in [0.15, 0.2) is 24.3 Å². The van der Waals surface area contributed by atoms with Crippen LogP contribution in [0.5, 0.6) is 5.88 Å². The van der Waals surface area contributed by atoms with Gasteiger partial charge in [-0.05, 0) is 18.6 Å². The second kappa shape index (κ2) is 5.48. The van der Waals surface area contributed by atoms with Crippen molar-refractivity contribution in [2.24, 2.45) is 0 Å². The number of para-hydroxylation sites is 2.